The Labute approximate surface area is 150 Å². The fraction of sp³-hybridized carbons (Fsp3) is 0.706. The largest absolute Gasteiger partial charge is 0.379 e. The summed E-state index contributed by atoms with van der Waals surface area (Å²) in [5, 5.41) is 4.14. The molecule has 1 saturated heterocycles. The molecule has 0 unspecified atom stereocenters. The molecule has 136 valence electrons. The number of ether oxygens (including phenoxy) is 1. The second-order valence-corrected chi connectivity index (χ2v) is 6.60. The van der Waals surface area contributed by atoms with Crippen LogP contribution >= 0.6 is 11.6 Å². The summed E-state index contributed by atoms with van der Waals surface area (Å²) in [7, 11) is 4.08. The van der Waals surface area contributed by atoms with Crippen LogP contribution in [-0.2, 0) is 18.3 Å². The summed E-state index contributed by atoms with van der Waals surface area (Å²) in [6.45, 7) is 9.44. The molecule has 0 spiro atoms. The van der Waals surface area contributed by atoms with Crippen LogP contribution in [0.2, 0.25) is 5.02 Å². The average Bonchev–Trinajstić information content (AvgIpc) is 2.88. The molecule has 1 N–H and O–H groups in total. The third kappa shape index (κ3) is 6.00. The molecule has 7 heteroatoms. The van der Waals surface area contributed by atoms with Gasteiger partial charge in [-0.3, -0.25) is 9.89 Å². The van der Waals surface area contributed by atoms with Gasteiger partial charge in [-0.15, -0.1) is 0 Å². The highest BCUT2D eigenvalue weighted by atomic mass is 35.5. The predicted molar refractivity (Wildman–Crippen MR) is 99.7 cm³/mol. The zero-order valence-corrected chi connectivity index (χ0v) is 15.8. The Bertz CT molecular complexity index is 525. The number of morpholine rings is 1. The van der Waals surface area contributed by atoms with Gasteiger partial charge in [0.25, 0.3) is 0 Å². The Morgan fingerprint density at radius 2 is 2.17 bits per heavy atom. The summed E-state index contributed by atoms with van der Waals surface area (Å²) in [6.07, 6.45) is 3.00. The SMILES string of the molecule is CCNC(=NCCCN1CCOCC1)N(C)Cc1cc(Cl)cn1C. The molecule has 2 rings (SSSR count). The number of guanidine groups is 1. The maximum Gasteiger partial charge on any atom is 0.194 e. The zero-order valence-electron chi connectivity index (χ0n) is 15.1. The van der Waals surface area contributed by atoms with Gasteiger partial charge < -0.3 is 19.5 Å². The number of aryl methyl sites for hydroxylation is 1. The fourth-order valence-electron chi connectivity index (χ4n) is 2.81. The van der Waals surface area contributed by atoms with Crippen molar-refractivity contribution in [2.24, 2.45) is 12.0 Å². The smallest absolute Gasteiger partial charge is 0.194 e. The van der Waals surface area contributed by atoms with Crippen molar-refractivity contribution in [3.63, 3.8) is 0 Å². The maximum absolute atomic E-state index is 6.07. The van der Waals surface area contributed by atoms with Crippen LogP contribution in [-0.4, -0.2) is 73.3 Å². The summed E-state index contributed by atoms with van der Waals surface area (Å²) in [5.74, 6) is 0.941. The monoisotopic (exact) mass is 355 g/mol. The molecule has 0 aliphatic carbocycles. The van der Waals surface area contributed by atoms with Crippen LogP contribution in [0.25, 0.3) is 0 Å². The topological polar surface area (TPSA) is 45.0 Å². The molecule has 1 aliphatic heterocycles. The first-order chi connectivity index (χ1) is 11.6. The summed E-state index contributed by atoms with van der Waals surface area (Å²) in [4.78, 5) is 9.35. The number of aliphatic imine (C=N–C) groups is 1. The molecule has 0 radical (unpaired) electrons. The lowest BCUT2D eigenvalue weighted by Crippen LogP contribution is -2.39. The van der Waals surface area contributed by atoms with E-state index < -0.39 is 0 Å². The van der Waals surface area contributed by atoms with Crippen LogP contribution < -0.4 is 5.32 Å². The summed E-state index contributed by atoms with van der Waals surface area (Å²) >= 11 is 6.07. The lowest BCUT2D eigenvalue weighted by atomic mass is 10.3. The van der Waals surface area contributed by atoms with E-state index in [9.17, 15) is 0 Å². The molecule has 0 atom stereocenters. The minimum Gasteiger partial charge on any atom is -0.379 e. The van der Waals surface area contributed by atoms with E-state index >= 15 is 0 Å². The van der Waals surface area contributed by atoms with Crippen LogP contribution in [0.4, 0.5) is 0 Å². The number of hydrogen-bond donors (Lipinski definition) is 1. The summed E-state index contributed by atoms with van der Waals surface area (Å²) in [6, 6.07) is 2.00. The van der Waals surface area contributed by atoms with E-state index in [1.54, 1.807) is 0 Å². The fourth-order valence-corrected chi connectivity index (χ4v) is 3.09. The van der Waals surface area contributed by atoms with Gasteiger partial charge >= 0.3 is 0 Å². The number of rotatable bonds is 7. The Hall–Kier alpha value is -1.24. The van der Waals surface area contributed by atoms with Crippen LogP contribution in [0.1, 0.15) is 19.0 Å². The highest BCUT2D eigenvalue weighted by Gasteiger charge is 2.11. The van der Waals surface area contributed by atoms with E-state index in [1.807, 2.05) is 19.3 Å². The first kappa shape index (κ1) is 19.1. The van der Waals surface area contributed by atoms with Crippen LogP contribution in [0.15, 0.2) is 17.3 Å². The quantitative estimate of drug-likeness (QED) is 0.460. The second-order valence-electron chi connectivity index (χ2n) is 6.16. The van der Waals surface area contributed by atoms with Gasteiger partial charge in [-0.1, -0.05) is 11.6 Å². The second kappa shape index (κ2) is 9.91. The number of halogens is 1. The highest BCUT2D eigenvalue weighted by Crippen LogP contribution is 2.14. The van der Waals surface area contributed by atoms with Gasteiger partial charge in [0, 0.05) is 58.7 Å². The van der Waals surface area contributed by atoms with Crippen molar-refractivity contribution >= 4 is 17.6 Å². The molecule has 24 heavy (non-hydrogen) atoms. The first-order valence-electron chi connectivity index (χ1n) is 8.70. The third-order valence-corrected chi connectivity index (χ3v) is 4.37. The van der Waals surface area contributed by atoms with Crippen molar-refractivity contribution in [2.75, 3.05) is 53.0 Å². The van der Waals surface area contributed by atoms with Crippen LogP contribution in [0, 0.1) is 0 Å². The van der Waals surface area contributed by atoms with Crippen molar-refractivity contribution in [2.45, 2.75) is 19.9 Å². The van der Waals surface area contributed by atoms with E-state index in [0.29, 0.717) is 0 Å². The highest BCUT2D eigenvalue weighted by molar-refractivity contribution is 6.30. The Kier molecular flexibility index (Phi) is 7.88. The van der Waals surface area contributed by atoms with Gasteiger partial charge in [-0.05, 0) is 19.4 Å². The number of hydrogen-bond acceptors (Lipinski definition) is 3. The van der Waals surface area contributed by atoms with Gasteiger partial charge in [0.05, 0.1) is 24.8 Å². The number of nitrogens with zero attached hydrogens (tertiary/aromatic N) is 4. The molecule has 0 saturated carbocycles. The van der Waals surface area contributed by atoms with E-state index in [4.69, 9.17) is 21.3 Å². The maximum atomic E-state index is 6.07. The average molecular weight is 356 g/mol. The van der Waals surface area contributed by atoms with Crippen molar-refractivity contribution < 1.29 is 4.74 Å². The van der Waals surface area contributed by atoms with Crippen LogP contribution in [0.3, 0.4) is 0 Å². The van der Waals surface area contributed by atoms with E-state index in [1.165, 1.54) is 5.69 Å². The standard InChI is InChI=1S/C17H30ClN5O/c1-4-19-17(20-6-5-7-23-8-10-24-11-9-23)22(3)14-16-12-15(18)13-21(16)2/h12-13H,4-11,14H2,1-3H3,(H,19,20). The molecule has 0 aromatic carbocycles. The Morgan fingerprint density at radius 1 is 1.42 bits per heavy atom. The first-order valence-corrected chi connectivity index (χ1v) is 9.08. The van der Waals surface area contributed by atoms with E-state index in [0.717, 1.165) is 69.9 Å². The molecule has 1 aliphatic rings. The minimum absolute atomic E-state index is 0.772. The van der Waals surface area contributed by atoms with Gasteiger partial charge in [-0.25, -0.2) is 0 Å². The van der Waals surface area contributed by atoms with E-state index in [-0.39, 0.29) is 0 Å². The third-order valence-electron chi connectivity index (χ3n) is 4.17. The molecule has 0 bridgehead atoms. The Balaban J connectivity index is 1.83. The van der Waals surface area contributed by atoms with Crippen molar-refractivity contribution in [3.05, 3.63) is 23.0 Å². The lowest BCUT2D eigenvalue weighted by molar-refractivity contribution is 0.0377. The van der Waals surface area contributed by atoms with Crippen molar-refractivity contribution in [1.29, 1.82) is 0 Å². The normalized spacial score (nSPS) is 16.4. The molecule has 1 aromatic rings. The zero-order chi connectivity index (χ0) is 17.4. The molecule has 1 fully saturated rings. The summed E-state index contributed by atoms with van der Waals surface area (Å²) in [5.41, 5.74) is 1.17. The number of aromatic nitrogens is 1. The minimum atomic E-state index is 0.772. The van der Waals surface area contributed by atoms with Gasteiger partial charge in [0.2, 0.25) is 0 Å². The van der Waals surface area contributed by atoms with Crippen molar-refractivity contribution in [3.8, 4) is 0 Å². The molecule has 6 nitrogen and oxygen atoms in total. The van der Waals surface area contributed by atoms with Crippen molar-refractivity contribution in [1.82, 2.24) is 19.7 Å². The lowest BCUT2D eigenvalue weighted by Gasteiger charge is -2.26. The number of nitrogens with one attached hydrogen (secondary N) is 1. The van der Waals surface area contributed by atoms with Gasteiger partial charge in [0.15, 0.2) is 5.96 Å². The van der Waals surface area contributed by atoms with Gasteiger partial charge in [0.1, 0.15) is 0 Å². The Morgan fingerprint density at radius 3 is 2.79 bits per heavy atom. The van der Waals surface area contributed by atoms with Gasteiger partial charge in [-0.2, -0.15) is 0 Å². The molecule has 2 heterocycles. The van der Waals surface area contributed by atoms with Crippen LogP contribution in [0.5, 0.6) is 0 Å². The predicted octanol–water partition coefficient (Wildman–Crippen LogP) is 1.80. The van der Waals surface area contributed by atoms with E-state index in [2.05, 4.69) is 33.7 Å². The molecule has 0 amide bonds. The molecule has 1 aromatic heterocycles. The summed E-state index contributed by atoms with van der Waals surface area (Å²) < 4.78 is 7.43. The molecular weight excluding hydrogens is 326 g/mol. The molecular formula is C17H30ClN5O.